The Kier molecular flexibility index (Phi) is 5.47. The Hall–Kier alpha value is -3.88. The van der Waals surface area contributed by atoms with Crippen LogP contribution in [0.1, 0.15) is 38.9 Å². The summed E-state index contributed by atoms with van der Waals surface area (Å²) < 4.78 is 17.9. The summed E-state index contributed by atoms with van der Waals surface area (Å²) in [4.78, 5) is 34.2. The fourth-order valence-corrected chi connectivity index (χ4v) is 6.28. The third-order valence-electron chi connectivity index (χ3n) is 6.58. The largest absolute Gasteiger partial charge is 0.493 e. The van der Waals surface area contributed by atoms with Gasteiger partial charge in [0.15, 0.2) is 22.1 Å². The molecular weight excluding hydrogens is 512 g/mol. The first-order valence-corrected chi connectivity index (χ1v) is 12.7. The number of anilines is 1. The van der Waals surface area contributed by atoms with Crippen molar-refractivity contribution in [1.82, 2.24) is 4.98 Å². The van der Waals surface area contributed by atoms with Gasteiger partial charge < -0.3 is 13.9 Å². The van der Waals surface area contributed by atoms with Crippen molar-refractivity contribution in [3.63, 3.8) is 0 Å². The predicted molar refractivity (Wildman–Crippen MR) is 145 cm³/mol. The Bertz CT molecular complexity index is 1810. The molecule has 1 aliphatic rings. The quantitative estimate of drug-likeness (QED) is 0.265. The van der Waals surface area contributed by atoms with Crippen molar-refractivity contribution in [1.29, 1.82) is 0 Å². The molecule has 9 heteroatoms. The SMILES string of the molecule is COc1ccc(C2c3c(oc4ccc(Cl)cc4c3=O)C(=O)N2c2nc3c(C)cc(C)cc3s2)cc1OC. The zero-order valence-corrected chi connectivity index (χ0v) is 22.0. The topological polar surface area (TPSA) is 81.9 Å². The van der Waals surface area contributed by atoms with Crippen LogP contribution in [0, 0.1) is 13.8 Å². The molecule has 0 fully saturated rings. The number of rotatable bonds is 4. The van der Waals surface area contributed by atoms with E-state index < -0.39 is 11.9 Å². The van der Waals surface area contributed by atoms with Crippen molar-refractivity contribution in [2.24, 2.45) is 0 Å². The number of fused-ring (bicyclic) bond motifs is 3. The molecule has 1 amide bonds. The maximum atomic E-state index is 13.9. The van der Waals surface area contributed by atoms with Gasteiger partial charge in [0.1, 0.15) is 5.58 Å². The molecule has 1 aliphatic heterocycles. The first-order chi connectivity index (χ1) is 17.8. The monoisotopic (exact) mass is 532 g/mol. The molecule has 186 valence electrons. The van der Waals surface area contributed by atoms with Gasteiger partial charge in [-0.3, -0.25) is 14.5 Å². The van der Waals surface area contributed by atoms with Gasteiger partial charge in [-0.05, 0) is 66.9 Å². The highest BCUT2D eigenvalue weighted by Crippen LogP contribution is 2.45. The maximum Gasteiger partial charge on any atom is 0.297 e. The number of methoxy groups -OCH3 is 2. The Morgan fingerprint density at radius 3 is 2.54 bits per heavy atom. The highest BCUT2D eigenvalue weighted by atomic mass is 35.5. The predicted octanol–water partition coefficient (Wildman–Crippen LogP) is 6.44. The second kappa shape index (κ2) is 8.61. The number of benzene rings is 3. The van der Waals surface area contributed by atoms with Gasteiger partial charge in [0.25, 0.3) is 5.91 Å². The van der Waals surface area contributed by atoms with Gasteiger partial charge in [-0.25, -0.2) is 4.98 Å². The van der Waals surface area contributed by atoms with E-state index in [1.54, 1.807) is 37.4 Å². The molecule has 3 aromatic carbocycles. The van der Waals surface area contributed by atoms with Gasteiger partial charge in [-0.2, -0.15) is 0 Å². The fourth-order valence-electron chi connectivity index (χ4n) is 4.94. The number of carbonyl (C=O) groups excluding carboxylic acids is 1. The van der Waals surface area contributed by atoms with Crippen LogP contribution >= 0.6 is 22.9 Å². The van der Waals surface area contributed by atoms with Gasteiger partial charge in [-0.1, -0.05) is 35.1 Å². The molecule has 0 aliphatic carbocycles. The molecule has 5 aromatic rings. The van der Waals surface area contributed by atoms with Crippen molar-refractivity contribution in [3.8, 4) is 11.5 Å². The number of halogens is 1. The molecule has 0 bridgehead atoms. The number of carbonyl (C=O) groups is 1. The minimum absolute atomic E-state index is 0.00762. The minimum atomic E-state index is -0.788. The summed E-state index contributed by atoms with van der Waals surface area (Å²) in [5, 5.41) is 1.18. The average Bonchev–Trinajstić information content (AvgIpc) is 3.43. The molecule has 1 unspecified atom stereocenters. The molecule has 6 rings (SSSR count). The first-order valence-electron chi connectivity index (χ1n) is 11.5. The molecule has 0 saturated heterocycles. The summed E-state index contributed by atoms with van der Waals surface area (Å²) in [7, 11) is 3.09. The van der Waals surface area contributed by atoms with Crippen LogP contribution in [-0.2, 0) is 0 Å². The number of hydrogen-bond acceptors (Lipinski definition) is 7. The van der Waals surface area contributed by atoms with Gasteiger partial charge in [0, 0.05) is 5.02 Å². The molecular formula is C28H21ClN2O5S. The number of thiazole rings is 1. The summed E-state index contributed by atoms with van der Waals surface area (Å²) in [5.74, 6) is 0.569. The van der Waals surface area contributed by atoms with Gasteiger partial charge in [0.05, 0.1) is 41.4 Å². The van der Waals surface area contributed by atoms with Crippen LogP contribution in [0.5, 0.6) is 11.5 Å². The summed E-state index contributed by atoms with van der Waals surface area (Å²) in [6.45, 7) is 4.02. The third kappa shape index (κ3) is 3.59. The van der Waals surface area contributed by atoms with Crippen LogP contribution in [-0.4, -0.2) is 25.1 Å². The van der Waals surface area contributed by atoms with Crippen LogP contribution < -0.4 is 19.8 Å². The van der Waals surface area contributed by atoms with E-state index in [2.05, 4.69) is 6.07 Å². The molecule has 1 atom stereocenters. The van der Waals surface area contributed by atoms with Crippen LogP contribution in [0.3, 0.4) is 0 Å². The van der Waals surface area contributed by atoms with E-state index in [0.717, 1.165) is 21.3 Å². The molecule has 0 saturated carbocycles. The zero-order chi connectivity index (χ0) is 26.0. The number of aromatic nitrogens is 1. The van der Waals surface area contributed by atoms with Crippen LogP contribution in [0.2, 0.25) is 5.02 Å². The van der Waals surface area contributed by atoms with Crippen molar-refractivity contribution >= 4 is 55.2 Å². The Labute approximate surface area is 220 Å². The molecule has 0 spiro atoms. The van der Waals surface area contributed by atoms with E-state index in [1.807, 2.05) is 26.0 Å². The zero-order valence-electron chi connectivity index (χ0n) is 20.4. The highest BCUT2D eigenvalue weighted by Gasteiger charge is 2.45. The Morgan fingerprint density at radius 2 is 1.78 bits per heavy atom. The van der Waals surface area contributed by atoms with Crippen LogP contribution in [0.15, 0.2) is 57.7 Å². The number of amides is 1. The molecule has 3 heterocycles. The number of hydrogen-bond donors (Lipinski definition) is 0. The second-order valence-electron chi connectivity index (χ2n) is 8.93. The van der Waals surface area contributed by atoms with Crippen molar-refractivity contribution in [2.75, 3.05) is 19.1 Å². The van der Waals surface area contributed by atoms with E-state index in [9.17, 15) is 9.59 Å². The van der Waals surface area contributed by atoms with E-state index in [4.69, 9.17) is 30.5 Å². The second-order valence-corrected chi connectivity index (χ2v) is 10.4. The fraction of sp³-hybridized carbons (Fsp3) is 0.179. The molecule has 0 radical (unpaired) electrons. The Balaban J connectivity index is 1.65. The first kappa shape index (κ1) is 23.5. The van der Waals surface area contributed by atoms with E-state index >= 15 is 0 Å². The average molecular weight is 533 g/mol. The minimum Gasteiger partial charge on any atom is -0.493 e. The van der Waals surface area contributed by atoms with Crippen molar-refractivity contribution < 1.29 is 18.7 Å². The normalized spacial score (nSPS) is 15.0. The molecule has 37 heavy (non-hydrogen) atoms. The van der Waals surface area contributed by atoms with Gasteiger partial charge in [0.2, 0.25) is 5.76 Å². The standard InChI is InChI=1S/C28H21ClN2O5S/c1-13-9-14(2)23-21(10-13)37-28(30-23)31-24(15-5-7-19(34-3)20(11-15)35-4)22-25(32)17-12-16(29)6-8-18(17)36-26(22)27(31)33/h5-12,24H,1-4H3. The maximum absolute atomic E-state index is 13.9. The lowest BCUT2D eigenvalue weighted by Gasteiger charge is -2.23. The van der Waals surface area contributed by atoms with Crippen LogP contribution in [0.4, 0.5) is 5.13 Å². The lowest BCUT2D eigenvalue weighted by Crippen LogP contribution is -2.29. The van der Waals surface area contributed by atoms with Crippen LogP contribution in [0.25, 0.3) is 21.2 Å². The lowest BCUT2D eigenvalue weighted by molar-refractivity contribution is 0.0971. The molecule has 2 aromatic heterocycles. The van der Waals surface area contributed by atoms with Gasteiger partial charge in [-0.15, -0.1) is 0 Å². The smallest absolute Gasteiger partial charge is 0.297 e. The van der Waals surface area contributed by atoms with Crippen molar-refractivity contribution in [2.45, 2.75) is 19.9 Å². The summed E-state index contributed by atoms with van der Waals surface area (Å²) in [6, 6.07) is 13.4. The lowest BCUT2D eigenvalue weighted by atomic mass is 9.98. The van der Waals surface area contributed by atoms with Gasteiger partial charge >= 0.3 is 0 Å². The number of nitrogens with zero attached hydrogens (tertiary/aromatic N) is 2. The number of aryl methyl sites for hydroxylation is 2. The highest BCUT2D eigenvalue weighted by molar-refractivity contribution is 7.22. The molecule has 7 nitrogen and oxygen atoms in total. The van der Waals surface area contributed by atoms with E-state index in [-0.39, 0.29) is 16.8 Å². The Morgan fingerprint density at radius 1 is 1.00 bits per heavy atom. The summed E-state index contributed by atoms with van der Waals surface area (Å²) in [6.07, 6.45) is 0. The molecule has 0 N–H and O–H groups in total. The number of ether oxygens (including phenoxy) is 2. The summed E-state index contributed by atoms with van der Waals surface area (Å²) in [5.41, 5.74) is 3.81. The van der Waals surface area contributed by atoms with Crippen molar-refractivity contribution in [3.05, 3.63) is 91.8 Å². The van der Waals surface area contributed by atoms with E-state index in [0.29, 0.717) is 38.2 Å². The third-order valence-corrected chi connectivity index (χ3v) is 7.82. The van der Waals surface area contributed by atoms with E-state index in [1.165, 1.54) is 23.3 Å². The summed E-state index contributed by atoms with van der Waals surface area (Å²) >= 11 is 7.60.